The van der Waals surface area contributed by atoms with E-state index in [1.54, 1.807) is 19.2 Å². The first-order valence-corrected chi connectivity index (χ1v) is 4.46. The van der Waals surface area contributed by atoms with Crippen LogP contribution in [0.25, 0.3) is 0 Å². The Kier molecular flexibility index (Phi) is 2.63. The van der Waals surface area contributed by atoms with Gasteiger partial charge in [-0.05, 0) is 25.4 Å². The number of nitrogens with one attached hydrogen (secondary N) is 1. The molecule has 0 aliphatic carbocycles. The van der Waals surface area contributed by atoms with E-state index in [9.17, 15) is 4.79 Å². The fraction of sp³-hybridized carbons (Fsp3) is 0.375. The van der Waals surface area contributed by atoms with Crippen molar-refractivity contribution in [2.24, 2.45) is 0 Å². The van der Waals surface area contributed by atoms with Gasteiger partial charge in [-0.15, -0.1) is 11.5 Å². The highest BCUT2D eigenvalue weighted by Gasteiger charge is 2.19. The maximum absolute atomic E-state index is 11.4. The molecule has 1 amide bonds. The first-order valence-electron chi connectivity index (χ1n) is 3.62. The Bertz CT molecular complexity index is 337. The average molecular weight is 195 g/mol. The van der Waals surface area contributed by atoms with E-state index in [2.05, 4.69) is 20.8 Å². The normalized spacial score (nSPS) is 10.5. The summed E-state index contributed by atoms with van der Waals surface area (Å²) in [5.41, 5.74) is -0.353. The van der Waals surface area contributed by atoms with Gasteiger partial charge in [-0.2, -0.15) is 0 Å². The topological polar surface area (TPSA) is 54.9 Å². The van der Waals surface area contributed by atoms with E-state index in [0.29, 0.717) is 5.69 Å². The molecule has 0 bridgehead atoms. The molecule has 1 aromatic heterocycles. The maximum atomic E-state index is 11.4. The predicted molar refractivity (Wildman–Crippen MR) is 50.3 cm³/mol. The van der Waals surface area contributed by atoms with Crippen molar-refractivity contribution in [3.8, 4) is 12.3 Å². The monoisotopic (exact) mass is 195 g/mol. The lowest BCUT2D eigenvalue weighted by atomic mass is 10.1. The fourth-order valence-corrected chi connectivity index (χ4v) is 1.08. The van der Waals surface area contributed by atoms with E-state index >= 15 is 0 Å². The number of amides is 1. The zero-order valence-electron chi connectivity index (χ0n) is 7.37. The molecule has 0 radical (unpaired) electrons. The van der Waals surface area contributed by atoms with Gasteiger partial charge in [-0.25, -0.2) is 0 Å². The van der Waals surface area contributed by atoms with Crippen molar-refractivity contribution in [2.45, 2.75) is 19.4 Å². The Morgan fingerprint density at radius 1 is 1.77 bits per heavy atom. The lowest BCUT2D eigenvalue weighted by molar-refractivity contribution is 0.0925. The minimum atomic E-state index is -0.652. The van der Waals surface area contributed by atoms with E-state index in [-0.39, 0.29) is 5.91 Å². The third kappa shape index (κ3) is 2.53. The van der Waals surface area contributed by atoms with Gasteiger partial charge in [0.2, 0.25) is 0 Å². The molecule has 0 saturated heterocycles. The third-order valence-electron chi connectivity index (χ3n) is 1.38. The Labute approximate surface area is 80.5 Å². The molecule has 0 saturated carbocycles. The van der Waals surface area contributed by atoms with Crippen LogP contribution in [0.15, 0.2) is 5.38 Å². The SMILES string of the molecule is C#CC(C)(C)NC(=O)c1csnn1. The zero-order chi connectivity index (χ0) is 9.90. The quantitative estimate of drug-likeness (QED) is 0.706. The summed E-state index contributed by atoms with van der Waals surface area (Å²) >= 11 is 1.13. The van der Waals surface area contributed by atoms with Crippen LogP contribution in [0.3, 0.4) is 0 Å². The van der Waals surface area contributed by atoms with Gasteiger partial charge in [0.15, 0.2) is 5.69 Å². The summed E-state index contributed by atoms with van der Waals surface area (Å²) in [6.45, 7) is 3.48. The molecule has 1 heterocycles. The highest BCUT2D eigenvalue weighted by atomic mass is 32.1. The molecule has 5 heteroatoms. The third-order valence-corrected chi connectivity index (χ3v) is 1.88. The van der Waals surface area contributed by atoms with Gasteiger partial charge in [0.1, 0.15) is 0 Å². The molecule has 0 aliphatic heterocycles. The molecule has 0 unspecified atom stereocenters. The van der Waals surface area contributed by atoms with E-state index < -0.39 is 5.54 Å². The lowest BCUT2D eigenvalue weighted by Crippen LogP contribution is -2.42. The molecule has 1 rings (SSSR count). The molecule has 0 aliphatic rings. The predicted octanol–water partition coefficient (Wildman–Crippen LogP) is 0.680. The molecule has 0 spiro atoms. The largest absolute Gasteiger partial charge is 0.335 e. The van der Waals surface area contributed by atoms with E-state index in [1.165, 1.54) is 0 Å². The molecule has 0 atom stereocenters. The van der Waals surface area contributed by atoms with Crippen molar-refractivity contribution >= 4 is 17.4 Å². The molecule has 1 N–H and O–H groups in total. The van der Waals surface area contributed by atoms with Crippen molar-refractivity contribution in [1.82, 2.24) is 14.9 Å². The molecule has 1 aromatic rings. The Morgan fingerprint density at radius 3 is 2.92 bits per heavy atom. The molecule has 68 valence electrons. The molecular formula is C8H9N3OS. The summed E-state index contributed by atoms with van der Waals surface area (Å²) < 4.78 is 3.58. The first-order chi connectivity index (χ1) is 6.05. The second-order valence-electron chi connectivity index (χ2n) is 3.01. The van der Waals surface area contributed by atoms with Crippen LogP contribution in [0.2, 0.25) is 0 Å². The first kappa shape index (κ1) is 9.68. The summed E-state index contributed by atoms with van der Waals surface area (Å²) in [6.07, 6.45) is 5.21. The number of terminal acetylenes is 1. The summed E-state index contributed by atoms with van der Waals surface area (Å²) in [6, 6.07) is 0. The Balaban J connectivity index is 2.68. The standard InChI is InChI=1S/C8H9N3OS/c1-4-8(2,3)9-7(12)6-5-13-11-10-6/h1,5H,2-3H3,(H,9,12). The average Bonchev–Trinajstić information content (AvgIpc) is 2.55. The molecule has 13 heavy (non-hydrogen) atoms. The lowest BCUT2D eigenvalue weighted by Gasteiger charge is -2.18. The molecular weight excluding hydrogens is 186 g/mol. The Morgan fingerprint density at radius 2 is 2.46 bits per heavy atom. The van der Waals surface area contributed by atoms with E-state index in [1.807, 2.05) is 0 Å². The van der Waals surface area contributed by atoms with Gasteiger partial charge in [0, 0.05) is 5.38 Å². The number of nitrogens with zero attached hydrogens (tertiary/aromatic N) is 2. The van der Waals surface area contributed by atoms with Crippen LogP contribution in [0.1, 0.15) is 24.3 Å². The van der Waals surface area contributed by atoms with Crippen molar-refractivity contribution in [3.63, 3.8) is 0 Å². The summed E-state index contributed by atoms with van der Waals surface area (Å²) in [4.78, 5) is 11.4. The number of aromatic nitrogens is 2. The van der Waals surface area contributed by atoms with Gasteiger partial charge in [-0.1, -0.05) is 10.4 Å². The molecule has 0 aromatic carbocycles. The van der Waals surface area contributed by atoms with Crippen molar-refractivity contribution < 1.29 is 4.79 Å². The summed E-state index contributed by atoms with van der Waals surface area (Å²) in [7, 11) is 0. The highest BCUT2D eigenvalue weighted by molar-refractivity contribution is 7.03. The van der Waals surface area contributed by atoms with Crippen molar-refractivity contribution in [2.75, 3.05) is 0 Å². The summed E-state index contributed by atoms with van der Waals surface area (Å²) in [5, 5.41) is 7.83. The smallest absolute Gasteiger partial charge is 0.273 e. The Hall–Kier alpha value is -1.41. The van der Waals surface area contributed by atoms with Gasteiger partial charge < -0.3 is 5.32 Å². The second kappa shape index (κ2) is 3.54. The fourth-order valence-electron chi connectivity index (χ4n) is 0.647. The minimum Gasteiger partial charge on any atom is -0.335 e. The van der Waals surface area contributed by atoms with E-state index in [4.69, 9.17) is 6.42 Å². The number of carbonyl (C=O) groups excluding carboxylic acids is 1. The number of hydrogen-bond donors (Lipinski definition) is 1. The van der Waals surface area contributed by atoms with Crippen LogP contribution >= 0.6 is 11.5 Å². The van der Waals surface area contributed by atoms with Crippen LogP contribution in [0, 0.1) is 12.3 Å². The van der Waals surface area contributed by atoms with Gasteiger partial charge >= 0.3 is 0 Å². The van der Waals surface area contributed by atoms with Crippen molar-refractivity contribution in [3.05, 3.63) is 11.1 Å². The van der Waals surface area contributed by atoms with Crippen LogP contribution in [0.4, 0.5) is 0 Å². The van der Waals surface area contributed by atoms with Crippen LogP contribution in [-0.2, 0) is 0 Å². The number of hydrogen-bond acceptors (Lipinski definition) is 4. The highest BCUT2D eigenvalue weighted by Crippen LogP contribution is 2.03. The van der Waals surface area contributed by atoms with Crippen LogP contribution in [-0.4, -0.2) is 21.0 Å². The van der Waals surface area contributed by atoms with E-state index in [0.717, 1.165) is 11.5 Å². The summed E-state index contributed by atoms with van der Waals surface area (Å²) in [5.74, 6) is 2.16. The van der Waals surface area contributed by atoms with Gasteiger partial charge in [0.05, 0.1) is 5.54 Å². The van der Waals surface area contributed by atoms with Crippen molar-refractivity contribution in [1.29, 1.82) is 0 Å². The maximum Gasteiger partial charge on any atom is 0.273 e. The van der Waals surface area contributed by atoms with Gasteiger partial charge in [0.25, 0.3) is 5.91 Å². The minimum absolute atomic E-state index is 0.295. The number of carbonyl (C=O) groups is 1. The zero-order valence-corrected chi connectivity index (χ0v) is 8.18. The van der Waals surface area contributed by atoms with Crippen LogP contribution in [0.5, 0.6) is 0 Å². The van der Waals surface area contributed by atoms with Gasteiger partial charge in [-0.3, -0.25) is 4.79 Å². The molecule has 0 fully saturated rings. The number of rotatable bonds is 2. The molecule has 4 nitrogen and oxygen atoms in total. The van der Waals surface area contributed by atoms with Crippen LogP contribution < -0.4 is 5.32 Å². The second-order valence-corrected chi connectivity index (χ2v) is 3.62.